The van der Waals surface area contributed by atoms with Crippen molar-refractivity contribution in [3.05, 3.63) is 188 Å². The molecule has 11 aromatic rings. The van der Waals surface area contributed by atoms with E-state index >= 15 is 0 Å². The molecular formula is C50H31N5O. The summed E-state index contributed by atoms with van der Waals surface area (Å²) in [4.78, 5) is 19.5. The van der Waals surface area contributed by atoms with E-state index in [2.05, 4.69) is 120 Å². The number of furan rings is 1. The summed E-state index contributed by atoms with van der Waals surface area (Å²) >= 11 is 0. The molecule has 0 aliphatic carbocycles. The highest BCUT2D eigenvalue weighted by Crippen LogP contribution is 2.42. The number of nitrogens with zero attached hydrogens (tertiary/aromatic N) is 5. The summed E-state index contributed by atoms with van der Waals surface area (Å²) in [5.41, 5.74) is 11.8. The van der Waals surface area contributed by atoms with Gasteiger partial charge in [-0.05, 0) is 42.0 Å². The zero-order valence-electron chi connectivity index (χ0n) is 30.0. The van der Waals surface area contributed by atoms with Gasteiger partial charge in [0.2, 0.25) is 0 Å². The highest BCUT2D eigenvalue weighted by Gasteiger charge is 2.19. The minimum absolute atomic E-state index is 0.551. The molecule has 0 radical (unpaired) electrons. The summed E-state index contributed by atoms with van der Waals surface area (Å²) < 4.78 is 9.26. The molecule has 4 aromatic heterocycles. The van der Waals surface area contributed by atoms with Gasteiger partial charge >= 0.3 is 0 Å². The lowest BCUT2D eigenvalue weighted by Crippen LogP contribution is -2.00. The van der Waals surface area contributed by atoms with Crippen molar-refractivity contribution in [2.75, 3.05) is 0 Å². The summed E-state index contributed by atoms with van der Waals surface area (Å²) in [6.07, 6.45) is 3.68. The lowest BCUT2D eigenvalue weighted by molar-refractivity contribution is 0.671. The van der Waals surface area contributed by atoms with Crippen LogP contribution in [0.15, 0.2) is 193 Å². The molecule has 0 amide bonds. The molecule has 0 aliphatic rings. The van der Waals surface area contributed by atoms with Gasteiger partial charge in [0, 0.05) is 73.0 Å². The van der Waals surface area contributed by atoms with Gasteiger partial charge < -0.3 is 8.98 Å². The molecule has 4 heterocycles. The molecule has 56 heavy (non-hydrogen) atoms. The first-order valence-electron chi connectivity index (χ1n) is 18.6. The lowest BCUT2D eigenvalue weighted by Gasteiger charge is -2.09. The van der Waals surface area contributed by atoms with Crippen molar-refractivity contribution in [2.24, 2.45) is 0 Å². The Morgan fingerprint density at radius 3 is 1.54 bits per heavy atom. The van der Waals surface area contributed by atoms with Gasteiger partial charge in [-0.3, -0.25) is 4.98 Å². The van der Waals surface area contributed by atoms with E-state index in [0.717, 1.165) is 72.1 Å². The van der Waals surface area contributed by atoms with Crippen molar-refractivity contribution in [2.45, 2.75) is 0 Å². The molecule has 0 fully saturated rings. The smallest absolute Gasteiger partial charge is 0.165 e. The van der Waals surface area contributed by atoms with Gasteiger partial charge in [-0.2, -0.15) is 0 Å². The van der Waals surface area contributed by atoms with Crippen LogP contribution in [-0.4, -0.2) is 24.5 Å². The zero-order valence-corrected chi connectivity index (χ0v) is 30.0. The van der Waals surface area contributed by atoms with Crippen LogP contribution < -0.4 is 0 Å². The Bertz CT molecular complexity index is 3190. The average molecular weight is 718 g/mol. The molecule has 262 valence electrons. The molecule has 0 aliphatic heterocycles. The second-order valence-corrected chi connectivity index (χ2v) is 13.9. The maximum atomic E-state index is 6.92. The van der Waals surface area contributed by atoms with Gasteiger partial charge in [-0.1, -0.05) is 140 Å². The Labute approximate surface area is 322 Å². The topological polar surface area (TPSA) is 69.6 Å². The van der Waals surface area contributed by atoms with E-state index in [1.165, 1.54) is 16.3 Å². The third kappa shape index (κ3) is 5.27. The van der Waals surface area contributed by atoms with Crippen LogP contribution in [0.3, 0.4) is 0 Å². The molecule has 0 unspecified atom stereocenters. The summed E-state index contributed by atoms with van der Waals surface area (Å²) in [7, 11) is 0. The number of hydrogen-bond donors (Lipinski definition) is 0. The van der Waals surface area contributed by atoms with Gasteiger partial charge in [0.1, 0.15) is 11.2 Å². The van der Waals surface area contributed by atoms with E-state index in [-0.39, 0.29) is 0 Å². The van der Waals surface area contributed by atoms with Crippen LogP contribution in [-0.2, 0) is 0 Å². The zero-order chi connectivity index (χ0) is 37.0. The Morgan fingerprint density at radius 2 is 0.875 bits per heavy atom. The molecule has 0 atom stereocenters. The van der Waals surface area contributed by atoms with Gasteiger partial charge in [-0.15, -0.1) is 0 Å². The second-order valence-electron chi connectivity index (χ2n) is 13.9. The Morgan fingerprint density at radius 1 is 0.357 bits per heavy atom. The molecule has 0 saturated carbocycles. The number of para-hydroxylation sites is 4. The van der Waals surface area contributed by atoms with Gasteiger partial charge in [-0.25, -0.2) is 15.0 Å². The lowest BCUT2D eigenvalue weighted by atomic mass is 9.99. The number of benzene rings is 7. The molecule has 6 heteroatoms. The van der Waals surface area contributed by atoms with Crippen molar-refractivity contribution in [3.63, 3.8) is 0 Å². The Hall–Kier alpha value is -7.70. The van der Waals surface area contributed by atoms with Crippen molar-refractivity contribution >= 4 is 43.7 Å². The monoisotopic (exact) mass is 717 g/mol. The largest absolute Gasteiger partial charge is 0.455 e. The van der Waals surface area contributed by atoms with Crippen molar-refractivity contribution in [1.29, 1.82) is 0 Å². The fourth-order valence-electron chi connectivity index (χ4n) is 7.92. The average Bonchev–Trinajstić information content (AvgIpc) is 3.83. The maximum Gasteiger partial charge on any atom is 0.165 e. The van der Waals surface area contributed by atoms with E-state index in [4.69, 9.17) is 24.4 Å². The molecule has 7 aromatic carbocycles. The standard InChI is InChI=1S/C50H31N5O/c1-4-14-32(15-5-1)48-52-49(33-16-6-2-7-17-33)54-50(53-48)36-28-35(30-51-31-36)39-22-13-24-42-41-23-12-21-38(46(41)56-47(39)42)34-26-27-45-43(29-34)40-20-10-11-25-44(40)55(45)37-18-8-3-9-19-37/h1-31H. The van der Waals surface area contributed by atoms with Gasteiger partial charge in [0.15, 0.2) is 17.5 Å². The molecule has 6 nitrogen and oxygen atoms in total. The number of pyridine rings is 1. The normalized spacial score (nSPS) is 11.6. The number of fused-ring (bicyclic) bond motifs is 6. The fraction of sp³-hybridized carbons (Fsp3) is 0. The summed E-state index contributed by atoms with van der Waals surface area (Å²) in [5.74, 6) is 1.76. The van der Waals surface area contributed by atoms with Crippen LogP contribution in [0.1, 0.15) is 0 Å². The highest BCUT2D eigenvalue weighted by atomic mass is 16.3. The van der Waals surface area contributed by atoms with Crippen LogP contribution in [0.5, 0.6) is 0 Å². The van der Waals surface area contributed by atoms with Crippen molar-refractivity contribution in [3.8, 4) is 62.1 Å². The van der Waals surface area contributed by atoms with E-state index < -0.39 is 0 Å². The predicted molar refractivity (Wildman–Crippen MR) is 226 cm³/mol. The van der Waals surface area contributed by atoms with E-state index in [1.54, 1.807) is 0 Å². The first-order chi connectivity index (χ1) is 27.8. The number of hydrogen-bond acceptors (Lipinski definition) is 5. The van der Waals surface area contributed by atoms with Gasteiger partial charge in [0.05, 0.1) is 11.0 Å². The molecular weight excluding hydrogens is 687 g/mol. The predicted octanol–water partition coefficient (Wildman–Crippen LogP) is 12.6. The van der Waals surface area contributed by atoms with E-state index in [0.29, 0.717) is 17.5 Å². The van der Waals surface area contributed by atoms with Crippen LogP contribution in [0.25, 0.3) is 106 Å². The summed E-state index contributed by atoms with van der Waals surface area (Å²) in [5, 5.41) is 4.52. The third-order valence-electron chi connectivity index (χ3n) is 10.5. The SMILES string of the molecule is c1ccc(-c2nc(-c3ccccc3)nc(-c3cncc(-c4cccc5c4oc4c(-c6ccc7c(c6)c6ccccc6n7-c6ccccc6)cccc45)c3)n2)cc1. The maximum absolute atomic E-state index is 6.92. The van der Waals surface area contributed by atoms with E-state index in [1.807, 2.05) is 73.1 Å². The fourth-order valence-corrected chi connectivity index (χ4v) is 7.92. The van der Waals surface area contributed by atoms with E-state index in [9.17, 15) is 0 Å². The molecule has 0 spiro atoms. The first-order valence-corrected chi connectivity index (χ1v) is 18.6. The van der Waals surface area contributed by atoms with Crippen LogP contribution in [0.2, 0.25) is 0 Å². The molecule has 0 saturated heterocycles. The molecule has 0 N–H and O–H groups in total. The first kappa shape index (κ1) is 31.8. The Balaban J connectivity index is 1.04. The summed E-state index contributed by atoms with van der Waals surface area (Å²) in [6, 6.07) is 60.7. The quantitative estimate of drug-likeness (QED) is 0.171. The van der Waals surface area contributed by atoms with Crippen molar-refractivity contribution in [1.82, 2.24) is 24.5 Å². The summed E-state index contributed by atoms with van der Waals surface area (Å²) in [6.45, 7) is 0. The molecule has 11 rings (SSSR count). The molecule has 0 bridgehead atoms. The second kappa shape index (κ2) is 13.0. The Kier molecular flexibility index (Phi) is 7.38. The minimum Gasteiger partial charge on any atom is -0.455 e. The number of aromatic nitrogens is 5. The minimum atomic E-state index is 0.551. The third-order valence-corrected chi connectivity index (χ3v) is 10.5. The van der Waals surface area contributed by atoms with Crippen LogP contribution in [0, 0.1) is 0 Å². The van der Waals surface area contributed by atoms with Crippen LogP contribution in [0.4, 0.5) is 0 Å². The number of rotatable bonds is 6. The van der Waals surface area contributed by atoms with Crippen LogP contribution >= 0.6 is 0 Å². The van der Waals surface area contributed by atoms with Crippen molar-refractivity contribution < 1.29 is 4.42 Å². The highest BCUT2D eigenvalue weighted by molar-refractivity contribution is 6.15. The van der Waals surface area contributed by atoms with Gasteiger partial charge in [0.25, 0.3) is 0 Å².